The molecule has 0 bridgehead atoms. The highest BCUT2D eigenvalue weighted by Gasteiger charge is 2.14. The third-order valence-corrected chi connectivity index (χ3v) is 6.02. The molecule has 168 valence electrons. The summed E-state index contributed by atoms with van der Waals surface area (Å²) in [6.45, 7) is 3.59. The first-order chi connectivity index (χ1) is 15.3. The summed E-state index contributed by atoms with van der Waals surface area (Å²) in [5.74, 6) is 2.15. The van der Waals surface area contributed by atoms with Gasteiger partial charge in [0, 0.05) is 5.69 Å². The van der Waals surface area contributed by atoms with Gasteiger partial charge in [-0.3, -0.25) is 4.79 Å². The lowest BCUT2D eigenvalue weighted by molar-refractivity contribution is 0.102. The van der Waals surface area contributed by atoms with E-state index in [1.165, 1.54) is 44.9 Å². The standard InChI is InChI=1S/C27H37NO3/c1-2-3-4-10-20-31-26-14-9-8-13-25(26)27(29)28-23-15-17-24(18-16-23)30-21-19-22-11-6-5-7-12-22/h8-9,13-18,22H,2-7,10-12,19-21H2,1H3,(H,28,29). The smallest absolute Gasteiger partial charge is 0.259 e. The third-order valence-electron chi connectivity index (χ3n) is 6.02. The van der Waals surface area contributed by atoms with E-state index >= 15 is 0 Å². The molecule has 4 heteroatoms. The molecule has 1 N–H and O–H groups in total. The third kappa shape index (κ3) is 7.93. The maximum Gasteiger partial charge on any atom is 0.259 e. The van der Waals surface area contributed by atoms with Crippen molar-refractivity contribution in [1.29, 1.82) is 0 Å². The molecule has 1 amide bonds. The molecule has 0 spiro atoms. The van der Waals surface area contributed by atoms with E-state index in [1.54, 1.807) is 6.07 Å². The number of anilines is 1. The van der Waals surface area contributed by atoms with Gasteiger partial charge in [0.05, 0.1) is 18.8 Å². The van der Waals surface area contributed by atoms with Crippen LogP contribution in [0.4, 0.5) is 5.69 Å². The SMILES string of the molecule is CCCCCCOc1ccccc1C(=O)Nc1ccc(OCCC2CCCCC2)cc1. The summed E-state index contributed by atoms with van der Waals surface area (Å²) in [6, 6.07) is 15.1. The van der Waals surface area contributed by atoms with Crippen LogP contribution in [0, 0.1) is 5.92 Å². The van der Waals surface area contributed by atoms with Crippen molar-refractivity contribution in [3.05, 3.63) is 54.1 Å². The van der Waals surface area contributed by atoms with Crippen molar-refractivity contribution in [1.82, 2.24) is 0 Å². The monoisotopic (exact) mass is 423 g/mol. The Kier molecular flexibility index (Phi) is 9.75. The molecular formula is C27H37NO3. The minimum atomic E-state index is -0.157. The Morgan fingerprint density at radius 1 is 0.903 bits per heavy atom. The van der Waals surface area contributed by atoms with Gasteiger partial charge in [0.1, 0.15) is 11.5 Å². The van der Waals surface area contributed by atoms with Gasteiger partial charge < -0.3 is 14.8 Å². The summed E-state index contributed by atoms with van der Waals surface area (Å²) in [5, 5.41) is 2.97. The molecule has 0 heterocycles. The molecule has 0 radical (unpaired) electrons. The van der Waals surface area contributed by atoms with Crippen molar-refractivity contribution in [2.24, 2.45) is 5.92 Å². The molecule has 1 fully saturated rings. The van der Waals surface area contributed by atoms with E-state index in [0.717, 1.165) is 43.2 Å². The molecule has 0 unspecified atom stereocenters. The van der Waals surface area contributed by atoms with Crippen LogP contribution in [0.25, 0.3) is 0 Å². The molecular weight excluding hydrogens is 386 g/mol. The summed E-state index contributed by atoms with van der Waals surface area (Å²) in [7, 11) is 0. The Hall–Kier alpha value is -2.49. The van der Waals surface area contributed by atoms with E-state index in [0.29, 0.717) is 17.9 Å². The minimum absolute atomic E-state index is 0.157. The van der Waals surface area contributed by atoms with E-state index in [-0.39, 0.29) is 5.91 Å². The van der Waals surface area contributed by atoms with E-state index in [1.807, 2.05) is 42.5 Å². The van der Waals surface area contributed by atoms with Crippen LogP contribution in [0.2, 0.25) is 0 Å². The van der Waals surface area contributed by atoms with Gasteiger partial charge in [-0.1, -0.05) is 70.4 Å². The number of carbonyl (C=O) groups excluding carboxylic acids is 1. The molecule has 4 nitrogen and oxygen atoms in total. The van der Waals surface area contributed by atoms with Crippen molar-refractivity contribution in [2.45, 2.75) is 71.1 Å². The Morgan fingerprint density at radius 3 is 2.45 bits per heavy atom. The number of hydrogen-bond donors (Lipinski definition) is 1. The second-order valence-electron chi connectivity index (χ2n) is 8.52. The highest BCUT2D eigenvalue weighted by molar-refractivity contribution is 6.06. The van der Waals surface area contributed by atoms with E-state index in [4.69, 9.17) is 9.47 Å². The number of unbranched alkanes of at least 4 members (excludes halogenated alkanes) is 3. The lowest BCUT2D eigenvalue weighted by Gasteiger charge is -2.21. The van der Waals surface area contributed by atoms with Crippen molar-refractivity contribution < 1.29 is 14.3 Å². The summed E-state index contributed by atoms with van der Waals surface area (Å²) in [5.41, 5.74) is 1.31. The number of carbonyl (C=O) groups is 1. The molecule has 2 aromatic rings. The average Bonchev–Trinajstić information content (AvgIpc) is 2.81. The number of benzene rings is 2. The second kappa shape index (κ2) is 13.0. The van der Waals surface area contributed by atoms with Crippen LogP contribution < -0.4 is 14.8 Å². The zero-order chi connectivity index (χ0) is 21.7. The number of ether oxygens (including phenoxy) is 2. The fraction of sp³-hybridized carbons (Fsp3) is 0.519. The number of hydrogen-bond acceptors (Lipinski definition) is 3. The molecule has 1 saturated carbocycles. The molecule has 0 aromatic heterocycles. The van der Waals surface area contributed by atoms with Crippen LogP contribution in [0.1, 0.15) is 81.5 Å². The number of amides is 1. The van der Waals surface area contributed by atoms with Gasteiger partial charge in [0.25, 0.3) is 5.91 Å². The Labute approximate surface area is 187 Å². The van der Waals surface area contributed by atoms with Crippen molar-refractivity contribution in [3.8, 4) is 11.5 Å². The number of rotatable bonds is 12. The van der Waals surface area contributed by atoms with E-state index in [2.05, 4.69) is 12.2 Å². The zero-order valence-electron chi connectivity index (χ0n) is 18.9. The Balaban J connectivity index is 1.46. The Morgan fingerprint density at radius 2 is 1.68 bits per heavy atom. The summed E-state index contributed by atoms with van der Waals surface area (Å²) in [6.07, 6.45) is 12.5. The van der Waals surface area contributed by atoms with Crippen LogP contribution in [0.3, 0.4) is 0 Å². The molecule has 0 atom stereocenters. The first-order valence-corrected chi connectivity index (χ1v) is 12.0. The first kappa shape index (κ1) is 23.2. The van der Waals surface area contributed by atoms with Crippen LogP contribution in [0.5, 0.6) is 11.5 Å². The van der Waals surface area contributed by atoms with Gasteiger partial charge in [-0.2, -0.15) is 0 Å². The highest BCUT2D eigenvalue weighted by atomic mass is 16.5. The second-order valence-corrected chi connectivity index (χ2v) is 8.52. The quantitative estimate of drug-likeness (QED) is 0.366. The maximum absolute atomic E-state index is 12.8. The van der Waals surface area contributed by atoms with Crippen LogP contribution in [-0.2, 0) is 0 Å². The van der Waals surface area contributed by atoms with Gasteiger partial charge in [-0.15, -0.1) is 0 Å². The van der Waals surface area contributed by atoms with Crippen molar-refractivity contribution in [2.75, 3.05) is 18.5 Å². The van der Waals surface area contributed by atoms with Gasteiger partial charge in [0.2, 0.25) is 0 Å². The predicted molar refractivity (Wildman–Crippen MR) is 127 cm³/mol. The van der Waals surface area contributed by atoms with E-state index in [9.17, 15) is 4.79 Å². The van der Waals surface area contributed by atoms with Gasteiger partial charge in [-0.05, 0) is 55.2 Å². The average molecular weight is 424 g/mol. The fourth-order valence-electron chi connectivity index (χ4n) is 4.14. The topological polar surface area (TPSA) is 47.6 Å². The van der Waals surface area contributed by atoms with Gasteiger partial charge >= 0.3 is 0 Å². The van der Waals surface area contributed by atoms with E-state index < -0.39 is 0 Å². The minimum Gasteiger partial charge on any atom is -0.494 e. The number of nitrogens with one attached hydrogen (secondary N) is 1. The zero-order valence-corrected chi connectivity index (χ0v) is 18.9. The Bertz CT molecular complexity index is 781. The van der Waals surface area contributed by atoms with Crippen LogP contribution in [-0.4, -0.2) is 19.1 Å². The lowest BCUT2D eigenvalue weighted by Crippen LogP contribution is -2.14. The van der Waals surface area contributed by atoms with Crippen LogP contribution >= 0.6 is 0 Å². The summed E-state index contributed by atoms with van der Waals surface area (Å²) >= 11 is 0. The van der Waals surface area contributed by atoms with Crippen molar-refractivity contribution in [3.63, 3.8) is 0 Å². The van der Waals surface area contributed by atoms with Crippen molar-refractivity contribution >= 4 is 11.6 Å². The highest BCUT2D eigenvalue weighted by Crippen LogP contribution is 2.27. The molecule has 31 heavy (non-hydrogen) atoms. The predicted octanol–water partition coefficient (Wildman–Crippen LogP) is 7.25. The molecule has 0 aliphatic heterocycles. The molecule has 3 rings (SSSR count). The maximum atomic E-state index is 12.8. The normalized spacial score (nSPS) is 14.2. The van der Waals surface area contributed by atoms with Crippen LogP contribution in [0.15, 0.2) is 48.5 Å². The largest absolute Gasteiger partial charge is 0.494 e. The lowest BCUT2D eigenvalue weighted by atomic mass is 9.87. The first-order valence-electron chi connectivity index (χ1n) is 12.0. The summed E-state index contributed by atoms with van der Waals surface area (Å²) in [4.78, 5) is 12.8. The fourth-order valence-corrected chi connectivity index (χ4v) is 4.14. The van der Waals surface area contributed by atoms with Gasteiger partial charge in [-0.25, -0.2) is 0 Å². The molecule has 0 saturated heterocycles. The molecule has 1 aliphatic rings. The molecule has 2 aromatic carbocycles. The molecule has 1 aliphatic carbocycles. The van der Waals surface area contributed by atoms with Gasteiger partial charge in [0.15, 0.2) is 0 Å². The summed E-state index contributed by atoms with van der Waals surface area (Å²) < 4.78 is 11.8. The number of para-hydroxylation sites is 1.